The maximum absolute atomic E-state index is 12.9. The number of amides is 1. The lowest BCUT2D eigenvalue weighted by Crippen LogP contribution is -2.37. The van der Waals surface area contributed by atoms with E-state index in [2.05, 4.69) is 6.07 Å². The number of likely N-dealkylation sites (tertiary alicyclic amines) is 1. The molecule has 0 aromatic carbocycles. The number of thiophene rings is 1. The van der Waals surface area contributed by atoms with E-state index in [1.807, 2.05) is 4.90 Å². The van der Waals surface area contributed by atoms with Crippen LogP contribution in [0.25, 0.3) is 0 Å². The first-order chi connectivity index (χ1) is 11.1. The Labute approximate surface area is 140 Å². The van der Waals surface area contributed by atoms with E-state index in [-0.39, 0.29) is 11.8 Å². The van der Waals surface area contributed by atoms with Crippen LogP contribution in [0.3, 0.4) is 0 Å². The fraction of sp³-hybridized carbons (Fsp3) is 0.667. The van der Waals surface area contributed by atoms with Crippen LogP contribution in [0, 0.1) is 11.3 Å². The molecule has 0 unspecified atom stereocenters. The molecule has 2 fully saturated rings. The minimum absolute atomic E-state index is 0.0538. The van der Waals surface area contributed by atoms with Gasteiger partial charge in [0.15, 0.2) is 0 Å². The van der Waals surface area contributed by atoms with Crippen molar-refractivity contribution in [3.8, 4) is 0 Å². The second-order valence-corrected chi connectivity index (χ2v) is 8.49. The van der Waals surface area contributed by atoms with Crippen molar-refractivity contribution in [2.45, 2.75) is 51.4 Å². The number of nitrogens with zero attached hydrogens (tertiary/aromatic N) is 1. The molecule has 1 aliphatic heterocycles. The van der Waals surface area contributed by atoms with E-state index in [1.54, 1.807) is 11.3 Å². The van der Waals surface area contributed by atoms with Gasteiger partial charge in [-0.25, -0.2) is 0 Å². The summed E-state index contributed by atoms with van der Waals surface area (Å²) in [6, 6.07) is 2.08. The van der Waals surface area contributed by atoms with Gasteiger partial charge in [0, 0.05) is 18.0 Å². The van der Waals surface area contributed by atoms with Gasteiger partial charge in [0.25, 0.3) is 5.91 Å². The average molecular weight is 333 g/mol. The number of fused-ring (bicyclic) bond motifs is 2. The summed E-state index contributed by atoms with van der Waals surface area (Å²) in [4.78, 5) is 28.7. The zero-order chi connectivity index (χ0) is 16.0. The minimum Gasteiger partial charge on any atom is -0.481 e. The molecule has 0 bridgehead atoms. The lowest BCUT2D eigenvalue weighted by atomic mass is 9.81. The van der Waals surface area contributed by atoms with E-state index in [9.17, 15) is 14.7 Å². The fourth-order valence-corrected chi connectivity index (χ4v) is 5.94. The summed E-state index contributed by atoms with van der Waals surface area (Å²) in [5.74, 6) is -0.517. The number of hydrogen-bond donors (Lipinski definition) is 1. The van der Waals surface area contributed by atoms with Crippen LogP contribution in [0.1, 0.15) is 58.6 Å². The Hall–Kier alpha value is -1.36. The maximum Gasteiger partial charge on any atom is 0.311 e. The van der Waals surface area contributed by atoms with Crippen molar-refractivity contribution in [1.82, 2.24) is 4.90 Å². The molecule has 5 heteroatoms. The highest BCUT2D eigenvalue weighted by atomic mass is 32.1. The molecule has 1 saturated carbocycles. The van der Waals surface area contributed by atoms with E-state index in [0.717, 1.165) is 37.0 Å². The standard InChI is InChI=1S/C18H23NO3S/c20-16(15-9-12-5-2-1-3-7-14(12)23-15)19-10-13-6-4-8-18(13,11-19)17(21)22/h9,13H,1-8,10-11H2,(H,21,22)/t13-,18+/m0/s1. The minimum atomic E-state index is -0.711. The van der Waals surface area contributed by atoms with E-state index in [0.29, 0.717) is 13.1 Å². The molecule has 0 spiro atoms. The van der Waals surface area contributed by atoms with Crippen molar-refractivity contribution in [3.05, 3.63) is 21.4 Å². The maximum atomic E-state index is 12.9. The lowest BCUT2D eigenvalue weighted by Gasteiger charge is -2.23. The van der Waals surface area contributed by atoms with Gasteiger partial charge in [0.1, 0.15) is 0 Å². The van der Waals surface area contributed by atoms with Gasteiger partial charge in [-0.2, -0.15) is 0 Å². The van der Waals surface area contributed by atoms with Crippen LogP contribution in [0.15, 0.2) is 6.07 Å². The first-order valence-corrected chi connectivity index (χ1v) is 9.56. The number of carbonyl (C=O) groups excluding carboxylic acids is 1. The summed E-state index contributed by atoms with van der Waals surface area (Å²) in [7, 11) is 0. The zero-order valence-electron chi connectivity index (χ0n) is 13.3. The van der Waals surface area contributed by atoms with Crippen molar-refractivity contribution in [3.63, 3.8) is 0 Å². The summed E-state index contributed by atoms with van der Waals surface area (Å²) in [5.41, 5.74) is 0.674. The Morgan fingerprint density at radius 1 is 1.22 bits per heavy atom. The smallest absolute Gasteiger partial charge is 0.311 e. The van der Waals surface area contributed by atoms with E-state index < -0.39 is 11.4 Å². The predicted octanol–water partition coefficient (Wildman–Crippen LogP) is 3.34. The number of carboxylic acid groups (broad SMARTS) is 1. The van der Waals surface area contributed by atoms with Crippen molar-refractivity contribution in [2.24, 2.45) is 11.3 Å². The van der Waals surface area contributed by atoms with Gasteiger partial charge in [-0.3, -0.25) is 9.59 Å². The molecular formula is C18H23NO3S. The number of aliphatic carboxylic acids is 1. The molecule has 23 heavy (non-hydrogen) atoms. The van der Waals surface area contributed by atoms with Gasteiger partial charge in [0.2, 0.25) is 0 Å². The predicted molar refractivity (Wildman–Crippen MR) is 88.9 cm³/mol. The Bertz CT molecular complexity index is 629. The van der Waals surface area contributed by atoms with Crippen LogP contribution >= 0.6 is 11.3 Å². The third-order valence-corrected chi connectivity index (χ3v) is 7.27. The molecular weight excluding hydrogens is 310 g/mol. The highest BCUT2D eigenvalue weighted by molar-refractivity contribution is 7.14. The van der Waals surface area contributed by atoms with Crippen LogP contribution in [0.2, 0.25) is 0 Å². The number of rotatable bonds is 2. The molecule has 1 saturated heterocycles. The van der Waals surface area contributed by atoms with E-state index in [1.165, 1.54) is 29.7 Å². The van der Waals surface area contributed by atoms with Crippen LogP contribution in [-0.4, -0.2) is 35.0 Å². The molecule has 2 heterocycles. The molecule has 3 aliphatic rings. The Balaban J connectivity index is 1.55. The monoisotopic (exact) mass is 333 g/mol. The number of carboxylic acids is 1. The molecule has 4 rings (SSSR count). The SMILES string of the molecule is O=C(c1cc2c(s1)CCCCC2)N1C[C@@H]2CCC[C@@]2(C(=O)O)C1. The normalized spacial score (nSPS) is 29.9. The van der Waals surface area contributed by atoms with Gasteiger partial charge in [-0.15, -0.1) is 11.3 Å². The van der Waals surface area contributed by atoms with Crippen molar-refractivity contribution >= 4 is 23.2 Å². The zero-order valence-corrected chi connectivity index (χ0v) is 14.2. The molecule has 1 aromatic rings. The molecule has 1 amide bonds. The Morgan fingerprint density at radius 2 is 2.04 bits per heavy atom. The number of aryl methyl sites for hydroxylation is 2. The van der Waals surface area contributed by atoms with Crippen LogP contribution < -0.4 is 0 Å². The van der Waals surface area contributed by atoms with Gasteiger partial charge in [0.05, 0.1) is 10.3 Å². The third kappa shape index (κ3) is 2.40. The van der Waals surface area contributed by atoms with Crippen LogP contribution in [0.5, 0.6) is 0 Å². The summed E-state index contributed by atoms with van der Waals surface area (Å²) >= 11 is 1.64. The fourth-order valence-electron chi connectivity index (χ4n) is 4.72. The van der Waals surface area contributed by atoms with Gasteiger partial charge in [-0.05, 0) is 56.1 Å². The summed E-state index contributed by atoms with van der Waals surface area (Å²) in [6.07, 6.45) is 8.52. The second kappa shape index (κ2) is 5.62. The number of carbonyl (C=O) groups is 2. The quantitative estimate of drug-likeness (QED) is 0.845. The molecule has 4 nitrogen and oxygen atoms in total. The first kappa shape index (κ1) is 15.2. The summed E-state index contributed by atoms with van der Waals surface area (Å²) in [6.45, 7) is 1.02. The third-order valence-electron chi connectivity index (χ3n) is 6.04. The molecule has 1 aromatic heterocycles. The van der Waals surface area contributed by atoms with Crippen molar-refractivity contribution < 1.29 is 14.7 Å². The van der Waals surface area contributed by atoms with Crippen molar-refractivity contribution in [1.29, 1.82) is 0 Å². The molecule has 2 atom stereocenters. The molecule has 124 valence electrons. The van der Waals surface area contributed by atoms with Crippen LogP contribution in [0.4, 0.5) is 0 Å². The van der Waals surface area contributed by atoms with E-state index >= 15 is 0 Å². The Morgan fingerprint density at radius 3 is 2.83 bits per heavy atom. The van der Waals surface area contributed by atoms with Gasteiger partial charge >= 0.3 is 5.97 Å². The average Bonchev–Trinajstić information content (AvgIpc) is 3.15. The number of hydrogen-bond acceptors (Lipinski definition) is 3. The lowest BCUT2D eigenvalue weighted by molar-refractivity contribution is -0.149. The molecule has 2 aliphatic carbocycles. The largest absolute Gasteiger partial charge is 0.481 e. The highest BCUT2D eigenvalue weighted by Gasteiger charge is 2.55. The van der Waals surface area contributed by atoms with Crippen LogP contribution in [-0.2, 0) is 17.6 Å². The van der Waals surface area contributed by atoms with Crippen molar-refractivity contribution in [2.75, 3.05) is 13.1 Å². The molecule has 1 N–H and O–H groups in total. The first-order valence-electron chi connectivity index (χ1n) is 8.74. The Kier molecular flexibility index (Phi) is 3.71. The topological polar surface area (TPSA) is 57.6 Å². The molecule has 0 radical (unpaired) electrons. The second-order valence-electron chi connectivity index (χ2n) is 7.36. The van der Waals surface area contributed by atoms with E-state index in [4.69, 9.17) is 0 Å². The van der Waals surface area contributed by atoms with Gasteiger partial charge < -0.3 is 10.0 Å². The van der Waals surface area contributed by atoms with Gasteiger partial charge in [-0.1, -0.05) is 12.8 Å². The summed E-state index contributed by atoms with van der Waals surface area (Å²) in [5, 5.41) is 9.67. The highest BCUT2D eigenvalue weighted by Crippen LogP contribution is 2.49. The summed E-state index contributed by atoms with van der Waals surface area (Å²) < 4.78 is 0.